The van der Waals surface area contributed by atoms with Gasteiger partial charge in [-0.3, -0.25) is 9.36 Å². The number of aromatic nitrogens is 5. The van der Waals surface area contributed by atoms with Gasteiger partial charge in [-0.05, 0) is 42.5 Å². The molecule has 0 amide bonds. The lowest BCUT2D eigenvalue weighted by atomic mass is 10.1. The van der Waals surface area contributed by atoms with Gasteiger partial charge in [-0.2, -0.15) is 5.10 Å². The lowest BCUT2D eigenvalue weighted by molar-refractivity contribution is 0.670. The topological polar surface area (TPSA) is 91.6 Å². The van der Waals surface area contributed by atoms with Crippen molar-refractivity contribution in [1.82, 2.24) is 24.3 Å². The van der Waals surface area contributed by atoms with Crippen molar-refractivity contribution in [2.24, 2.45) is 0 Å². The molecule has 0 saturated heterocycles. The molecule has 8 heteroatoms. The van der Waals surface area contributed by atoms with Crippen molar-refractivity contribution in [1.29, 1.82) is 0 Å². The summed E-state index contributed by atoms with van der Waals surface area (Å²) in [5.74, 6) is 0.270. The molecule has 0 bridgehead atoms. The van der Waals surface area contributed by atoms with E-state index in [0.717, 1.165) is 27.9 Å². The van der Waals surface area contributed by atoms with E-state index in [2.05, 4.69) is 15.1 Å². The standard InChI is InChI=1S/C23H19ClN6O/c1-13-6-3-4-9-17(13)30-16(10-15-8-5-7-14(2)18(15)23(30)31)11-29-22-19(20(24)28-29)21(25)26-12-27-22/h3-10,12H,11H2,1-2H3,(H2,25,26,27). The number of para-hydroxylation sites is 1. The number of aryl methyl sites for hydroxylation is 2. The van der Waals surface area contributed by atoms with Crippen molar-refractivity contribution in [3.05, 3.63) is 87.2 Å². The highest BCUT2D eigenvalue weighted by Crippen LogP contribution is 2.27. The number of anilines is 1. The van der Waals surface area contributed by atoms with Crippen LogP contribution >= 0.6 is 11.6 Å². The number of benzene rings is 2. The Bertz CT molecular complexity index is 1540. The quantitative estimate of drug-likeness (QED) is 0.466. The van der Waals surface area contributed by atoms with E-state index >= 15 is 0 Å². The molecule has 3 aromatic heterocycles. The Morgan fingerprint density at radius 2 is 1.77 bits per heavy atom. The van der Waals surface area contributed by atoms with Crippen molar-refractivity contribution >= 4 is 39.2 Å². The minimum Gasteiger partial charge on any atom is -0.383 e. The molecule has 0 aliphatic rings. The van der Waals surface area contributed by atoms with E-state index in [9.17, 15) is 4.79 Å². The van der Waals surface area contributed by atoms with Gasteiger partial charge < -0.3 is 5.73 Å². The van der Waals surface area contributed by atoms with Crippen LogP contribution in [0.5, 0.6) is 0 Å². The van der Waals surface area contributed by atoms with Gasteiger partial charge >= 0.3 is 0 Å². The van der Waals surface area contributed by atoms with Gasteiger partial charge in [-0.25, -0.2) is 14.6 Å². The molecule has 0 aliphatic carbocycles. The zero-order valence-electron chi connectivity index (χ0n) is 17.0. The highest BCUT2D eigenvalue weighted by Gasteiger charge is 2.18. The van der Waals surface area contributed by atoms with E-state index in [4.69, 9.17) is 17.3 Å². The predicted octanol–water partition coefficient (Wildman–Crippen LogP) is 4.03. The molecule has 5 rings (SSSR count). The summed E-state index contributed by atoms with van der Waals surface area (Å²) in [5, 5.41) is 6.73. The molecule has 0 saturated carbocycles. The number of nitrogens with two attached hydrogens (primary N) is 1. The molecule has 0 unspecified atom stereocenters. The first-order chi connectivity index (χ1) is 15.0. The molecule has 7 nitrogen and oxygen atoms in total. The number of rotatable bonds is 3. The second-order valence-electron chi connectivity index (χ2n) is 7.51. The summed E-state index contributed by atoms with van der Waals surface area (Å²) in [7, 11) is 0. The van der Waals surface area contributed by atoms with Crippen LogP contribution in [0.25, 0.3) is 27.5 Å². The highest BCUT2D eigenvalue weighted by molar-refractivity contribution is 6.35. The van der Waals surface area contributed by atoms with E-state index < -0.39 is 0 Å². The normalized spacial score (nSPS) is 11.5. The molecule has 0 fully saturated rings. The van der Waals surface area contributed by atoms with Gasteiger partial charge in [0.1, 0.15) is 17.5 Å². The van der Waals surface area contributed by atoms with E-state index in [1.54, 1.807) is 9.25 Å². The summed E-state index contributed by atoms with van der Waals surface area (Å²) in [6.07, 6.45) is 1.38. The number of hydrogen-bond acceptors (Lipinski definition) is 5. The number of nitrogen functional groups attached to an aromatic ring is 1. The molecule has 0 aliphatic heterocycles. The van der Waals surface area contributed by atoms with E-state index in [1.165, 1.54) is 6.33 Å². The number of halogens is 1. The minimum atomic E-state index is -0.0726. The molecule has 0 radical (unpaired) electrons. The lowest BCUT2D eigenvalue weighted by Gasteiger charge is -2.17. The van der Waals surface area contributed by atoms with Crippen LogP contribution in [0.1, 0.15) is 16.8 Å². The zero-order chi connectivity index (χ0) is 21.7. The molecule has 5 aromatic rings. The summed E-state index contributed by atoms with van der Waals surface area (Å²) >= 11 is 6.32. The van der Waals surface area contributed by atoms with Crippen LogP contribution in [-0.4, -0.2) is 24.3 Å². The van der Waals surface area contributed by atoms with E-state index in [0.29, 0.717) is 16.4 Å². The van der Waals surface area contributed by atoms with Crippen molar-refractivity contribution < 1.29 is 0 Å². The second kappa shape index (κ2) is 7.21. The zero-order valence-corrected chi connectivity index (χ0v) is 17.8. The van der Waals surface area contributed by atoms with Crippen molar-refractivity contribution in [2.75, 3.05) is 5.73 Å². The molecular formula is C23H19ClN6O. The van der Waals surface area contributed by atoms with Crippen LogP contribution in [0.3, 0.4) is 0 Å². The van der Waals surface area contributed by atoms with Gasteiger partial charge in [0.15, 0.2) is 10.8 Å². The fourth-order valence-corrected chi connectivity index (χ4v) is 4.31. The first-order valence-electron chi connectivity index (χ1n) is 9.78. The van der Waals surface area contributed by atoms with Gasteiger partial charge in [0.25, 0.3) is 5.56 Å². The first-order valence-corrected chi connectivity index (χ1v) is 10.2. The van der Waals surface area contributed by atoms with Gasteiger partial charge in [0.2, 0.25) is 0 Å². The van der Waals surface area contributed by atoms with Crippen LogP contribution in [0.2, 0.25) is 5.15 Å². The Kier molecular flexibility index (Phi) is 4.48. The summed E-state index contributed by atoms with van der Waals surface area (Å²) in [5.41, 5.74) is 9.93. The molecular weight excluding hydrogens is 412 g/mol. The van der Waals surface area contributed by atoms with Crippen LogP contribution < -0.4 is 11.3 Å². The number of fused-ring (bicyclic) bond motifs is 2. The van der Waals surface area contributed by atoms with Crippen molar-refractivity contribution in [3.8, 4) is 5.69 Å². The van der Waals surface area contributed by atoms with Gasteiger partial charge in [-0.1, -0.05) is 48.0 Å². The average Bonchev–Trinajstić information content (AvgIpc) is 3.05. The monoisotopic (exact) mass is 430 g/mol. The third-order valence-electron chi connectivity index (χ3n) is 5.52. The number of hydrogen-bond donors (Lipinski definition) is 1. The third kappa shape index (κ3) is 3.05. The number of pyridine rings is 1. The van der Waals surface area contributed by atoms with E-state index in [1.807, 2.05) is 62.4 Å². The van der Waals surface area contributed by atoms with Gasteiger partial charge in [0, 0.05) is 5.69 Å². The lowest BCUT2D eigenvalue weighted by Crippen LogP contribution is -2.25. The predicted molar refractivity (Wildman–Crippen MR) is 123 cm³/mol. The number of nitrogens with zero attached hydrogens (tertiary/aromatic N) is 5. The van der Waals surface area contributed by atoms with Crippen LogP contribution in [0, 0.1) is 13.8 Å². The highest BCUT2D eigenvalue weighted by atomic mass is 35.5. The first kappa shape index (κ1) is 19.3. The summed E-state index contributed by atoms with van der Waals surface area (Å²) in [6.45, 7) is 4.22. The Morgan fingerprint density at radius 1 is 1.00 bits per heavy atom. The maximum absolute atomic E-state index is 13.7. The Balaban J connectivity index is 1.82. The van der Waals surface area contributed by atoms with Crippen molar-refractivity contribution in [3.63, 3.8) is 0 Å². The van der Waals surface area contributed by atoms with Crippen LogP contribution in [-0.2, 0) is 6.54 Å². The third-order valence-corrected chi connectivity index (χ3v) is 5.78. The molecule has 3 heterocycles. The fraction of sp³-hybridized carbons (Fsp3) is 0.130. The Hall–Kier alpha value is -3.71. The second-order valence-corrected chi connectivity index (χ2v) is 7.87. The van der Waals surface area contributed by atoms with Crippen molar-refractivity contribution in [2.45, 2.75) is 20.4 Å². The molecule has 0 spiro atoms. The van der Waals surface area contributed by atoms with Crippen LogP contribution in [0.15, 0.2) is 59.7 Å². The summed E-state index contributed by atoms with van der Waals surface area (Å²) in [4.78, 5) is 22.0. The Morgan fingerprint density at radius 3 is 2.58 bits per heavy atom. The molecule has 154 valence electrons. The van der Waals surface area contributed by atoms with Gasteiger partial charge in [-0.15, -0.1) is 0 Å². The maximum Gasteiger partial charge on any atom is 0.263 e. The van der Waals surface area contributed by atoms with Gasteiger partial charge in [0.05, 0.1) is 17.6 Å². The maximum atomic E-state index is 13.7. The Labute approximate surface area is 182 Å². The summed E-state index contributed by atoms with van der Waals surface area (Å²) < 4.78 is 3.40. The largest absolute Gasteiger partial charge is 0.383 e. The fourth-order valence-electron chi connectivity index (χ4n) is 4.03. The van der Waals surface area contributed by atoms with E-state index in [-0.39, 0.29) is 23.1 Å². The smallest absolute Gasteiger partial charge is 0.263 e. The minimum absolute atomic E-state index is 0.0726. The molecule has 2 N–H and O–H groups in total. The molecule has 31 heavy (non-hydrogen) atoms. The average molecular weight is 431 g/mol. The van der Waals surface area contributed by atoms with Crippen LogP contribution in [0.4, 0.5) is 5.82 Å². The SMILES string of the molecule is Cc1ccccc1-n1c(Cn2nc(Cl)c3c(N)ncnc32)cc2cccc(C)c2c1=O. The molecule has 0 atom stereocenters. The molecule has 2 aromatic carbocycles. The summed E-state index contributed by atoms with van der Waals surface area (Å²) in [6, 6.07) is 15.7.